The van der Waals surface area contributed by atoms with Crippen molar-refractivity contribution in [2.24, 2.45) is 0 Å². The van der Waals surface area contributed by atoms with Crippen molar-refractivity contribution in [1.29, 1.82) is 0 Å². The fourth-order valence-corrected chi connectivity index (χ4v) is 3.28. The van der Waals surface area contributed by atoms with Crippen LogP contribution >= 0.6 is 0 Å². The molecule has 0 fully saturated rings. The summed E-state index contributed by atoms with van der Waals surface area (Å²) in [6, 6.07) is 17.1. The van der Waals surface area contributed by atoms with Gasteiger partial charge in [0.2, 0.25) is 17.3 Å². The van der Waals surface area contributed by atoms with E-state index in [2.05, 4.69) is 5.16 Å². The highest BCUT2D eigenvalue weighted by atomic mass is 16.6. The second kappa shape index (κ2) is 9.27. The maximum atomic E-state index is 13.3. The average Bonchev–Trinajstić information content (AvgIpc) is 3.33. The van der Waals surface area contributed by atoms with Crippen LogP contribution < -0.4 is 0 Å². The van der Waals surface area contributed by atoms with Crippen LogP contribution in [0.15, 0.2) is 83.4 Å². The van der Waals surface area contributed by atoms with Gasteiger partial charge in [-0.2, -0.15) is 0 Å². The Morgan fingerprint density at radius 3 is 1.57 bits per heavy atom. The number of ketones is 3. The van der Waals surface area contributed by atoms with Gasteiger partial charge in [0.05, 0.1) is 9.85 Å². The number of nitro benzene ring substituents is 2. The van der Waals surface area contributed by atoms with Gasteiger partial charge in [-0.3, -0.25) is 34.6 Å². The summed E-state index contributed by atoms with van der Waals surface area (Å²) in [5.74, 6) is -2.82. The first-order chi connectivity index (χ1) is 16.8. The van der Waals surface area contributed by atoms with Crippen LogP contribution in [-0.2, 0) is 0 Å². The largest absolute Gasteiger partial charge is 0.351 e. The number of carbonyl (C=O) groups excluding carboxylic acids is 3. The normalized spacial score (nSPS) is 10.5. The highest BCUT2D eigenvalue weighted by Gasteiger charge is 2.33. The van der Waals surface area contributed by atoms with E-state index in [1.165, 1.54) is 36.4 Å². The van der Waals surface area contributed by atoms with E-state index in [1.54, 1.807) is 18.2 Å². The molecule has 0 atom stereocenters. The summed E-state index contributed by atoms with van der Waals surface area (Å²) in [6.07, 6.45) is 0. The van der Waals surface area contributed by atoms with E-state index >= 15 is 0 Å². The molecule has 0 aliphatic carbocycles. The Balaban J connectivity index is 1.81. The predicted molar refractivity (Wildman–Crippen MR) is 119 cm³/mol. The van der Waals surface area contributed by atoms with Gasteiger partial charge in [0, 0.05) is 41.0 Å². The average molecular weight is 471 g/mol. The van der Waals surface area contributed by atoms with E-state index in [4.69, 9.17) is 4.52 Å². The van der Waals surface area contributed by atoms with Crippen LogP contribution in [0.5, 0.6) is 0 Å². The van der Waals surface area contributed by atoms with E-state index in [0.717, 1.165) is 24.3 Å². The smallest absolute Gasteiger partial charge is 0.269 e. The van der Waals surface area contributed by atoms with Crippen LogP contribution in [0.2, 0.25) is 0 Å². The third-order valence-electron chi connectivity index (χ3n) is 5.06. The van der Waals surface area contributed by atoms with Crippen molar-refractivity contribution < 1.29 is 28.8 Å². The third-order valence-corrected chi connectivity index (χ3v) is 5.06. The van der Waals surface area contributed by atoms with Gasteiger partial charge < -0.3 is 4.52 Å². The molecule has 4 aromatic rings. The monoisotopic (exact) mass is 471 g/mol. The summed E-state index contributed by atoms with van der Waals surface area (Å²) < 4.78 is 5.15. The van der Waals surface area contributed by atoms with Gasteiger partial charge in [-0.1, -0.05) is 35.5 Å². The summed E-state index contributed by atoms with van der Waals surface area (Å²) >= 11 is 0. The highest BCUT2D eigenvalue weighted by Crippen LogP contribution is 2.25. The van der Waals surface area contributed by atoms with Crippen molar-refractivity contribution in [2.75, 3.05) is 0 Å². The molecule has 0 saturated carbocycles. The number of nitro groups is 2. The van der Waals surface area contributed by atoms with Crippen molar-refractivity contribution in [3.05, 3.63) is 133 Å². The Morgan fingerprint density at radius 1 is 0.629 bits per heavy atom. The Hall–Kier alpha value is -5.32. The Kier molecular flexibility index (Phi) is 6.06. The van der Waals surface area contributed by atoms with Crippen molar-refractivity contribution in [3.8, 4) is 0 Å². The minimum atomic E-state index is -0.811. The number of aromatic nitrogens is 1. The summed E-state index contributed by atoms with van der Waals surface area (Å²) in [5, 5.41) is 25.5. The zero-order valence-electron chi connectivity index (χ0n) is 17.6. The number of hydrogen-bond donors (Lipinski definition) is 0. The van der Waals surface area contributed by atoms with E-state index in [-0.39, 0.29) is 33.6 Å². The molecule has 11 nitrogen and oxygen atoms in total. The second-order valence-electron chi connectivity index (χ2n) is 7.20. The molecular formula is C24H13N3O8. The standard InChI is InChI=1S/C24H13N3O8/c28-21(14-4-2-1-3-5-14)19-20(22(29)15-6-10-17(11-7-15)26(31)32)25-35-24(19)23(30)16-8-12-18(13-9-16)27(33)34/h1-13H. The molecule has 1 heterocycles. The zero-order valence-corrected chi connectivity index (χ0v) is 17.6. The lowest BCUT2D eigenvalue weighted by molar-refractivity contribution is -0.385. The molecule has 11 heteroatoms. The van der Waals surface area contributed by atoms with E-state index < -0.39 is 38.7 Å². The summed E-state index contributed by atoms with van der Waals surface area (Å²) in [5.41, 5.74) is -1.19. The van der Waals surface area contributed by atoms with Gasteiger partial charge in [0.25, 0.3) is 11.4 Å². The summed E-state index contributed by atoms with van der Waals surface area (Å²) in [7, 11) is 0. The number of carbonyl (C=O) groups is 3. The first kappa shape index (κ1) is 22.9. The van der Waals surface area contributed by atoms with Gasteiger partial charge in [0.15, 0.2) is 11.5 Å². The van der Waals surface area contributed by atoms with Crippen molar-refractivity contribution in [1.82, 2.24) is 5.16 Å². The van der Waals surface area contributed by atoms with E-state index in [1.807, 2.05) is 0 Å². The number of benzene rings is 3. The van der Waals surface area contributed by atoms with Gasteiger partial charge in [-0.25, -0.2) is 0 Å². The Labute approximate surface area is 195 Å². The lowest BCUT2D eigenvalue weighted by Gasteiger charge is -2.04. The molecule has 1 aromatic heterocycles. The lowest BCUT2D eigenvalue weighted by atomic mass is 9.94. The first-order valence-electron chi connectivity index (χ1n) is 9.95. The molecule has 0 aliphatic heterocycles. The molecule has 35 heavy (non-hydrogen) atoms. The van der Waals surface area contributed by atoms with Crippen molar-refractivity contribution >= 4 is 28.7 Å². The molecule has 0 amide bonds. The Morgan fingerprint density at radius 2 is 1.09 bits per heavy atom. The second-order valence-corrected chi connectivity index (χ2v) is 7.20. The van der Waals surface area contributed by atoms with Gasteiger partial charge in [-0.05, 0) is 24.3 Å². The fourth-order valence-electron chi connectivity index (χ4n) is 3.28. The van der Waals surface area contributed by atoms with Crippen LogP contribution in [0.3, 0.4) is 0 Å². The number of non-ortho nitro benzene ring substituents is 2. The number of rotatable bonds is 8. The third kappa shape index (κ3) is 4.46. The van der Waals surface area contributed by atoms with Crippen molar-refractivity contribution in [3.63, 3.8) is 0 Å². The predicted octanol–water partition coefficient (Wildman–Crippen LogP) is 4.18. The molecule has 0 radical (unpaired) electrons. The quantitative estimate of drug-likeness (QED) is 0.208. The molecule has 0 spiro atoms. The molecule has 172 valence electrons. The molecule has 0 N–H and O–H groups in total. The molecule has 0 saturated heterocycles. The van der Waals surface area contributed by atoms with Gasteiger partial charge >= 0.3 is 0 Å². The molecule has 0 aliphatic rings. The molecule has 0 unspecified atom stereocenters. The summed E-state index contributed by atoms with van der Waals surface area (Å²) in [6.45, 7) is 0. The van der Waals surface area contributed by atoms with E-state index in [0.29, 0.717) is 0 Å². The fraction of sp³-hybridized carbons (Fsp3) is 0. The first-order valence-corrected chi connectivity index (χ1v) is 9.95. The summed E-state index contributed by atoms with van der Waals surface area (Å²) in [4.78, 5) is 60.1. The molecular weight excluding hydrogens is 458 g/mol. The van der Waals surface area contributed by atoms with Crippen LogP contribution in [0.25, 0.3) is 0 Å². The van der Waals surface area contributed by atoms with Crippen LogP contribution in [0, 0.1) is 20.2 Å². The van der Waals surface area contributed by atoms with Crippen LogP contribution in [-0.4, -0.2) is 32.4 Å². The van der Waals surface area contributed by atoms with E-state index in [9.17, 15) is 34.6 Å². The number of nitrogens with zero attached hydrogens (tertiary/aromatic N) is 3. The minimum absolute atomic E-state index is 0.0136. The van der Waals surface area contributed by atoms with Crippen molar-refractivity contribution in [2.45, 2.75) is 0 Å². The molecule has 0 bridgehead atoms. The number of hydrogen-bond acceptors (Lipinski definition) is 9. The van der Waals surface area contributed by atoms with Gasteiger partial charge in [0.1, 0.15) is 5.56 Å². The van der Waals surface area contributed by atoms with Gasteiger partial charge in [-0.15, -0.1) is 0 Å². The lowest BCUT2D eigenvalue weighted by Crippen LogP contribution is -2.14. The Bertz CT molecular complexity index is 1390. The topological polar surface area (TPSA) is 164 Å². The molecule has 3 aromatic carbocycles. The van der Waals surface area contributed by atoms with Crippen LogP contribution in [0.1, 0.15) is 48.1 Å². The minimum Gasteiger partial charge on any atom is -0.351 e. The molecule has 4 rings (SSSR count). The SMILES string of the molecule is O=C(c1ccc([N+](=O)[O-])cc1)c1noc(C(=O)c2ccc([N+](=O)[O-])cc2)c1C(=O)c1ccccc1. The highest BCUT2D eigenvalue weighted by molar-refractivity contribution is 6.24. The maximum Gasteiger partial charge on any atom is 0.269 e. The zero-order chi connectivity index (χ0) is 25.1. The van der Waals surface area contributed by atoms with Crippen LogP contribution in [0.4, 0.5) is 11.4 Å². The maximum absolute atomic E-state index is 13.3.